The molecule has 0 aromatic heterocycles. The van der Waals surface area contributed by atoms with Gasteiger partial charge in [-0.1, -0.05) is 0 Å². The molecule has 14 heavy (non-hydrogen) atoms. The van der Waals surface area contributed by atoms with Crippen molar-refractivity contribution in [3.63, 3.8) is 0 Å². The number of ether oxygens (including phenoxy) is 1. The smallest absolute Gasteiger partial charge is 0.326 e. The van der Waals surface area contributed by atoms with E-state index in [0.29, 0.717) is 13.1 Å². The number of rotatable bonds is 5. The van der Waals surface area contributed by atoms with Crippen LogP contribution in [0.25, 0.3) is 0 Å². The Morgan fingerprint density at radius 3 is 2.50 bits per heavy atom. The maximum absolute atomic E-state index is 11.4. The Bertz CT molecular complexity index is 177. The Morgan fingerprint density at radius 1 is 1.57 bits per heavy atom. The molecule has 0 radical (unpaired) electrons. The minimum Gasteiger partial charge on any atom is -0.459 e. The highest BCUT2D eigenvalue weighted by atomic mass is 16.6. The number of nitrogens with two attached hydrogens (primary N) is 1. The Labute approximate surface area is 84.6 Å². The van der Waals surface area contributed by atoms with Crippen LogP contribution in [0, 0.1) is 0 Å². The number of esters is 1. The van der Waals surface area contributed by atoms with Crippen molar-refractivity contribution in [3.05, 3.63) is 0 Å². The van der Waals surface area contributed by atoms with Gasteiger partial charge in [0.2, 0.25) is 0 Å². The summed E-state index contributed by atoms with van der Waals surface area (Å²) in [7, 11) is 0. The lowest BCUT2D eigenvalue weighted by Gasteiger charge is -2.23. The minimum atomic E-state index is -0.683. The van der Waals surface area contributed by atoms with Crippen LogP contribution in [0.3, 0.4) is 0 Å². The molecule has 0 spiro atoms. The summed E-state index contributed by atoms with van der Waals surface area (Å²) in [5, 5.41) is 11.7. The van der Waals surface area contributed by atoms with E-state index >= 15 is 0 Å². The van der Waals surface area contributed by atoms with Crippen LogP contribution in [-0.4, -0.2) is 42.4 Å². The summed E-state index contributed by atoms with van der Waals surface area (Å²) < 4.78 is 5.09. The average Bonchev–Trinajstić information content (AvgIpc) is 2.02. The van der Waals surface area contributed by atoms with E-state index in [-0.39, 0.29) is 6.61 Å². The first kappa shape index (κ1) is 13.4. The summed E-state index contributed by atoms with van der Waals surface area (Å²) in [4.78, 5) is 11.4. The zero-order valence-corrected chi connectivity index (χ0v) is 9.04. The van der Waals surface area contributed by atoms with E-state index in [1.807, 2.05) is 0 Å². The molecule has 0 amide bonds. The molecule has 0 aliphatic rings. The molecule has 0 fully saturated rings. The van der Waals surface area contributed by atoms with Crippen molar-refractivity contribution >= 4 is 5.97 Å². The number of nitrogens with one attached hydrogen (secondary N) is 1. The summed E-state index contributed by atoms with van der Waals surface area (Å²) in [5.41, 5.74) is 4.73. The summed E-state index contributed by atoms with van der Waals surface area (Å²) in [6.45, 7) is 5.95. The van der Waals surface area contributed by atoms with Crippen LogP contribution in [0.15, 0.2) is 0 Å². The monoisotopic (exact) mass is 204 g/mol. The van der Waals surface area contributed by atoms with Crippen LogP contribution < -0.4 is 11.1 Å². The predicted molar refractivity (Wildman–Crippen MR) is 53.8 cm³/mol. The molecule has 0 saturated carbocycles. The van der Waals surface area contributed by atoms with Gasteiger partial charge in [0.05, 0.1) is 6.61 Å². The molecule has 0 unspecified atom stereocenters. The molecule has 1 atom stereocenters. The van der Waals surface area contributed by atoms with E-state index < -0.39 is 17.6 Å². The number of carbonyl (C=O) groups excluding carboxylic acids is 1. The van der Waals surface area contributed by atoms with E-state index in [4.69, 9.17) is 15.6 Å². The topological polar surface area (TPSA) is 84.6 Å². The first-order valence-electron chi connectivity index (χ1n) is 4.68. The number of aliphatic hydroxyl groups is 1. The summed E-state index contributed by atoms with van der Waals surface area (Å²) in [6, 6.07) is -0.683. The third kappa shape index (κ3) is 5.90. The van der Waals surface area contributed by atoms with E-state index in [1.54, 1.807) is 20.8 Å². The summed E-state index contributed by atoms with van der Waals surface area (Å²) in [5.74, 6) is -0.451. The van der Waals surface area contributed by atoms with E-state index in [1.165, 1.54) is 0 Å². The SMILES string of the molecule is CC(C)(C)OC(=O)[C@H](CO)NCCN. The molecule has 0 heterocycles. The van der Waals surface area contributed by atoms with Crippen molar-refractivity contribution < 1.29 is 14.6 Å². The Kier molecular flexibility index (Phi) is 5.68. The molecule has 0 aliphatic heterocycles. The zero-order valence-electron chi connectivity index (χ0n) is 9.04. The molecular formula is C9H20N2O3. The predicted octanol–water partition coefficient (Wildman–Crippen LogP) is -0.763. The van der Waals surface area contributed by atoms with E-state index in [0.717, 1.165) is 0 Å². The Hall–Kier alpha value is -0.650. The number of hydrogen-bond acceptors (Lipinski definition) is 5. The molecule has 0 aliphatic carbocycles. The molecule has 0 rings (SSSR count). The van der Waals surface area contributed by atoms with Gasteiger partial charge in [0.1, 0.15) is 11.6 Å². The van der Waals surface area contributed by atoms with Crippen molar-refractivity contribution in [2.24, 2.45) is 5.73 Å². The van der Waals surface area contributed by atoms with Crippen LogP contribution in [0.5, 0.6) is 0 Å². The van der Waals surface area contributed by atoms with Gasteiger partial charge in [0, 0.05) is 13.1 Å². The summed E-state index contributed by atoms with van der Waals surface area (Å²) >= 11 is 0. The van der Waals surface area contributed by atoms with Gasteiger partial charge in [0.25, 0.3) is 0 Å². The van der Waals surface area contributed by atoms with Crippen molar-refractivity contribution in [2.75, 3.05) is 19.7 Å². The Morgan fingerprint density at radius 2 is 2.14 bits per heavy atom. The summed E-state index contributed by atoms with van der Waals surface area (Å²) in [6.07, 6.45) is 0. The normalized spacial score (nSPS) is 13.8. The lowest BCUT2D eigenvalue weighted by molar-refractivity contribution is -0.158. The molecule has 0 aromatic carbocycles. The first-order chi connectivity index (χ1) is 6.40. The number of carbonyl (C=O) groups is 1. The van der Waals surface area contributed by atoms with Gasteiger partial charge in [-0.2, -0.15) is 0 Å². The van der Waals surface area contributed by atoms with Crippen LogP contribution in [0.2, 0.25) is 0 Å². The number of hydrogen-bond donors (Lipinski definition) is 3. The van der Waals surface area contributed by atoms with Crippen LogP contribution >= 0.6 is 0 Å². The lowest BCUT2D eigenvalue weighted by Crippen LogP contribution is -2.45. The Balaban J connectivity index is 4.04. The quantitative estimate of drug-likeness (QED) is 0.512. The fourth-order valence-corrected chi connectivity index (χ4v) is 0.853. The second-order valence-corrected chi connectivity index (χ2v) is 4.01. The van der Waals surface area contributed by atoms with Crippen molar-refractivity contribution in [1.82, 2.24) is 5.32 Å². The van der Waals surface area contributed by atoms with E-state index in [9.17, 15) is 4.79 Å². The molecule has 0 aromatic rings. The molecule has 84 valence electrons. The van der Waals surface area contributed by atoms with Crippen LogP contribution in [0.1, 0.15) is 20.8 Å². The van der Waals surface area contributed by atoms with E-state index in [2.05, 4.69) is 5.32 Å². The van der Waals surface area contributed by atoms with Crippen molar-refractivity contribution in [2.45, 2.75) is 32.4 Å². The fourth-order valence-electron chi connectivity index (χ4n) is 0.853. The van der Waals surface area contributed by atoms with Crippen LogP contribution in [0.4, 0.5) is 0 Å². The van der Waals surface area contributed by atoms with Crippen LogP contribution in [-0.2, 0) is 9.53 Å². The maximum atomic E-state index is 11.4. The zero-order chi connectivity index (χ0) is 11.2. The largest absolute Gasteiger partial charge is 0.459 e. The highest BCUT2D eigenvalue weighted by Crippen LogP contribution is 2.08. The van der Waals surface area contributed by atoms with Gasteiger partial charge in [-0.05, 0) is 20.8 Å². The van der Waals surface area contributed by atoms with Crippen molar-refractivity contribution in [1.29, 1.82) is 0 Å². The lowest BCUT2D eigenvalue weighted by atomic mass is 10.2. The molecule has 5 heteroatoms. The highest BCUT2D eigenvalue weighted by molar-refractivity contribution is 5.76. The molecule has 4 N–H and O–H groups in total. The third-order valence-corrected chi connectivity index (χ3v) is 1.41. The average molecular weight is 204 g/mol. The molecule has 0 saturated heterocycles. The van der Waals surface area contributed by atoms with Gasteiger partial charge < -0.3 is 20.9 Å². The third-order valence-electron chi connectivity index (χ3n) is 1.41. The van der Waals surface area contributed by atoms with Gasteiger partial charge in [-0.25, -0.2) is 0 Å². The second kappa shape index (κ2) is 5.95. The van der Waals surface area contributed by atoms with Gasteiger partial charge in [-0.15, -0.1) is 0 Å². The number of aliphatic hydroxyl groups excluding tert-OH is 1. The maximum Gasteiger partial charge on any atom is 0.326 e. The molecule has 5 nitrogen and oxygen atoms in total. The van der Waals surface area contributed by atoms with Gasteiger partial charge >= 0.3 is 5.97 Å². The molecule has 0 bridgehead atoms. The second-order valence-electron chi connectivity index (χ2n) is 4.01. The van der Waals surface area contributed by atoms with Gasteiger partial charge in [0.15, 0.2) is 0 Å². The minimum absolute atomic E-state index is 0.283. The van der Waals surface area contributed by atoms with Crippen molar-refractivity contribution in [3.8, 4) is 0 Å². The standard InChI is InChI=1S/C9H20N2O3/c1-9(2,3)14-8(13)7(6-12)11-5-4-10/h7,11-12H,4-6,10H2,1-3H3/t7-/m0/s1. The first-order valence-corrected chi connectivity index (χ1v) is 4.68. The fraction of sp³-hybridized carbons (Fsp3) is 0.889. The molecular weight excluding hydrogens is 184 g/mol. The van der Waals surface area contributed by atoms with Gasteiger partial charge in [-0.3, -0.25) is 4.79 Å². The highest BCUT2D eigenvalue weighted by Gasteiger charge is 2.23.